The molecule has 1 aliphatic rings. The Labute approximate surface area is 105 Å². The Kier molecular flexibility index (Phi) is 4.15. The molecule has 0 bridgehead atoms. The first-order valence-electron chi connectivity index (χ1n) is 6.33. The number of pyridine rings is 1. The van der Waals surface area contributed by atoms with Crippen molar-refractivity contribution in [2.24, 2.45) is 0 Å². The number of aliphatic hydroxyl groups excluding tert-OH is 1. The van der Waals surface area contributed by atoms with Crippen LogP contribution in [0.5, 0.6) is 0 Å². The summed E-state index contributed by atoms with van der Waals surface area (Å²) in [5.74, 6) is -0.112. The molecule has 2 N–H and O–H groups in total. The molecule has 5 nitrogen and oxygen atoms in total. The first-order valence-corrected chi connectivity index (χ1v) is 6.33. The van der Waals surface area contributed by atoms with Crippen molar-refractivity contribution in [3.63, 3.8) is 0 Å². The molecule has 18 heavy (non-hydrogen) atoms. The van der Waals surface area contributed by atoms with Crippen molar-refractivity contribution in [3.8, 4) is 0 Å². The molecule has 1 aromatic rings. The fourth-order valence-electron chi connectivity index (χ4n) is 2.13. The van der Waals surface area contributed by atoms with Gasteiger partial charge in [0.1, 0.15) is 0 Å². The second kappa shape index (κ2) is 5.82. The number of hydrogen-bond donors (Lipinski definition) is 2. The van der Waals surface area contributed by atoms with Crippen molar-refractivity contribution in [3.05, 3.63) is 34.2 Å². The van der Waals surface area contributed by atoms with Gasteiger partial charge in [0, 0.05) is 37.0 Å². The highest BCUT2D eigenvalue weighted by Crippen LogP contribution is 2.26. The van der Waals surface area contributed by atoms with Gasteiger partial charge in [-0.1, -0.05) is 0 Å². The van der Waals surface area contributed by atoms with Gasteiger partial charge in [0.05, 0.1) is 0 Å². The summed E-state index contributed by atoms with van der Waals surface area (Å²) in [7, 11) is 0. The van der Waals surface area contributed by atoms with Crippen LogP contribution < -0.4 is 5.56 Å². The first kappa shape index (κ1) is 12.8. The number of carbonyl (C=O) groups is 1. The number of aromatic amines is 1. The monoisotopic (exact) mass is 250 g/mol. The van der Waals surface area contributed by atoms with E-state index >= 15 is 0 Å². The molecule has 1 amide bonds. The fraction of sp³-hybridized carbons (Fsp3) is 0.538. The van der Waals surface area contributed by atoms with Gasteiger partial charge < -0.3 is 15.0 Å². The normalized spacial score (nSPS) is 15.2. The molecule has 0 aliphatic heterocycles. The molecule has 0 saturated heterocycles. The highest BCUT2D eigenvalue weighted by atomic mass is 16.3. The van der Waals surface area contributed by atoms with E-state index in [-0.39, 0.29) is 24.1 Å². The molecule has 1 aromatic heterocycles. The predicted octanol–water partition coefficient (Wildman–Crippen LogP) is 0.752. The van der Waals surface area contributed by atoms with Gasteiger partial charge in [-0.3, -0.25) is 9.59 Å². The van der Waals surface area contributed by atoms with E-state index in [9.17, 15) is 9.59 Å². The second-order valence-corrected chi connectivity index (χ2v) is 4.60. The quantitative estimate of drug-likeness (QED) is 0.810. The molecule has 1 fully saturated rings. The van der Waals surface area contributed by atoms with Crippen LogP contribution in [0.15, 0.2) is 23.1 Å². The van der Waals surface area contributed by atoms with E-state index in [0.717, 1.165) is 19.3 Å². The van der Waals surface area contributed by atoms with E-state index in [0.29, 0.717) is 18.5 Å². The number of aromatic nitrogens is 1. The van der Waals surface area contributed by atoms with Gasteiger partial charge in [0.15, 0.2) is 0 Å². The van der Waals surface area contributed by atoms with E-state index in [1.807, 2.05) is 0 Å². The van der Waals surface area contributed by atoms with Crippen LogP contribution in [0, 0.1) is 0 Å². The predicted molar refractivity (Wildman–Crippen MR) is 67.4 cm³/mol. The third-order valence-electron chi connectivity index (χ3n) is 3.36. The number of carbonyl (C=O) groups excluding carboxylic acids is 1. The number of nitrogens with zero attached hydrogens (tertiary/aromatic N) is 1. The minimum absolute atomic E-state index is 0.0753. The van der Waals surface area contributed by atoms with Crippen LogP contribution >= 0.6 is 0 Å². The topological polar surface area (TPSA) is 73.4 Å². The van der Waals surface area contributed by atoms with Crippen molar-refractivity contribution in [1.29, 1.82) is 0 Å². The summed E-state index contributed by atoms with van der Waals surface area (Å²) < 4.78 is 0. The molecular weight excluding hydrogens is 232 g/mol. The van der Waals surface area contributed by atoms with Gasteiger partial charge in [0.2, 0.25) is 5.56 Å². The number of H-pyrrole nitrogens is 1. The Morgan fingerprint density at radius 3 is 2.83 bits per heavy atom. The van der Waals surface area contributed by atoms with Crippen molar-refractivity contribution >= 4 is 5.91 Å². The lowest BCUT2D eigenvalue weighted by Crippen LogP contribution is -2.45. The molecule has 0 unspecified atom stereocenters. The molecule has 2 rings (SSSR count). The lowest BCUT2D eigenvalue weighted by Gasteiger charge is -2.37. The minimum Gasteiger partial charge on any atom is -0.396 e. The van der Waals surface area contributed by atoms with Gasteiger partial charge in [-0.05, 0) is 31.7 Å². The molecule has 0 radical (unpaired) electrons. The van der Waals surface area contributed by atoms with Crippen molar-refractivity contribution in [2.75, 3.05) is 13.2 Å². The van der Waals surface area contributed by atoms with Crippen LogP contribution in [0.2, 0.25) is 0 Å². The molecule has 5 heteroatoms. The number of hydrogen-bond acceptors (Lipinski definition) is 3. The Hall–Kier alpha value is -1.62. The maximum Gasteiger partial charge on any atom is 0.254 e. The highest BCUT2D eigenvalue weighted by molar-refractivity contribution is 5.94. The summed E-state index contributed by atoms with van der Waals surface area (Å²) in [6, 6.07) is 3.21. The third-order valence-corrected chi connectivity index (χ3v) is 3.36. The zero-order valence-electron chi connectivity index (χ0n) is 10.3. The summed E-state index contributed by atoms with van der Waals surface area (Å²) in [6.07, 6.45) is 5.23. The molecule has 1 saturated carbocycles. The third kappa shape index (κ3) is 2.79. The van der Waals surface area contributed by atoms with Crippen LogP contribution in [-0.4, -0.2) is 40.1 Å². The molecular formula is C13H18N2O3. The van der Waals surface area contributed by atoms with Gasteiger partial charge in [0.25, 0.3) is 5.91 Å². The van der Waals surface area contributed by atoms with Crippen LogP contribution in [0.4, 0.5) is 0 Å². The first-order chi connectivity index (χ1) is 8.72. The Balaban J connectivity index is 2.13. The van der Waals surface area contributed by atoms with Gasteiger partial charge in [-0.25, -0.2) is 0 Å². The zero-order valence-corrected chi connectivity index (χ0v) is 10.3. The number of nitrogens with one attached hydrogen (secondary N) is 1. The van der Waals surface area contributed by atoms with Crippen LogP contribution in [0.1, 0.15) is 36.0 Å². The Morgan fingerprint density at radius 2 is 2.28 bits per heavy atom. The zero-order chi connectivity index (χ0) is 13.0. The molecule has 98 valence electrons. The van der Waals surface area contributed by atoms with Crippen LogP contribution in [0.3, 0.4) is 0 Å². The molecule has 0 atom stereocenters. The number of rotatable bonds is 5. The molecule has 0 aromatic carbocycles. The van der Waals surface area contributed by atoms with E-state index in [4.69, 9.17) is 5.11 Å². The van der Waals surface area contributed by atoms with Crippen molar-refractivity contribution in [1.82, 2.24) is 9.88 Å². The van der Waals surface area contributed by atoms with Crippen molar-refractivity contribution < 1.29 is 9.90 Å². The summed E-state index contributed by atoms with van der Waals surface area (Å²) in [4.78, 5) is 27.8. The van der Waals surface area contributed by atoms with Crippen LogP contribution in [-0.2, 0) is 0 Å². The minimum atomic E-state index is -0.267. The maximum atomic E-state index is 12.3. The van der Waals surface area contributed by atoms with E-state index in [2.05, 4.69) is 4.98 Å². The fourth-order valence-corrected chi connectivity index (χ4v) is 2.13. The Bertz CT molecular complexity index is 465. The Morgan fingerprint density at radius 1 is 1.50 bits per heavy atom. The maximum absolute atomic E-state index is 12.3. The largest absolute Gasteiger partial charge is 0.396 e. The van der Waals surface area contributed by atoms with Crippen molar-refractivity contribution in [2.45, 2.75) is 31.7 Å². The standard InChI is InChI=1S/C13H18N2O3/c16-8-2-7-15(11-3-1-4-11)13(18)10-5-6-14-12(17)9-10/h5-6,9,11,16H,1-4,7-8H2,(H,14,17). The van der Waals surface area contributed by atoms with E-state index in [1.54, 1.807) is 11.0 Å². The second-order valence-electron chi connectivity index (χ2n) is 4.60. The molecule has 1 aliphatic carbocycles. The summed E-state index contributed by atoms with van der Waals surface area (Å²) >= 11 is 0. The number of aliphatic hydroxyl groups is 1. The van der Waals surface area contributed by atoms with Gasteiger partial charge in [-0.15, -0.1) is 0 Å². The van der Waals surface area contributed by atoms with Gasteiger partial charge >= 0.3 is 0 Å². The van der Waals surface area contributed by atoms with Gasteiger partial charge in [-0.2, -0.15) is 0 Å². The summed E-state index contributed by atoms with van der Waals surface area (Å²) in [5.41, 5.74) is 0.153. The molecule has 1 heterocycles. The number of amides is 1. The molecule has 0 spiro atoms. The lowest BCUT2D eigenvalue weighted by atomic mass is 9.91. The van der Waals surface area contributed by atoms with E-state index < -0.39 is 0 Å². The SMILES string of the molecule is O=C(c1cc[nH]c(=O)c1)N(CCCO)C1CCC1. The van der Waals surface area contributed by atoms with E-state index in [1.165, 1.54) is 12.3 Å². The highest BCUT2D eigenvalue weighted by Gasteiger charge is 2.28. The van der Waals surface area contributed by atoms with Crippen LogP contribution in [0.25, 0.3) is 0 Å². The summed E-state index contributed by atoms with van der Waals surface area (Å²) in [5, 5.41) is 8.89. The smallest absolute Gasteiger partial charge is 0.254 e. The average Bonchev–Trinajstić information content (AvgIpc) is 2.31. The summed E-state index contributed by atoms with van der Waals surface area (Å²) in [6.45, 7) is 0.624. The average molecular weight is 250 g/mol. The lowest BCUT2D eigenvalue weighted by molar-refractivity contribution is 0.0562.